The van der Waals surface area contributed by atoms with Gasteiger partial charge >= 0.3 is 23.4 Å². The van der Waals surface area contributed by atoms with Gasteiger partial charge in [0.05, 0.1) is 24.7 Å². The molecule has 1 aromatic carbocycles. The van der Waals surface area contributed by atoms with Crippen molar-refractivity contribution in [1.29, 1.82) is 0 Å². The van der Waals surface area contributed by atoms with E-state index in [1.54, 1.807) is 5.48 Å². The molecule has 1 aromatic heterocycles. The zero-order chi connectivity index (χ0) is 21.6. The molecule has 0 aliphatic rings. The molecule has 2 amide bonds. The van der Waals surface area contributed by atoms with Crippen molar-refractivity contribution in [1.82, 2.24) is 20.4 Å². The van der Waals surface area contributed by atoms with Crippen LogP contribution in [0.3, 0.4) is 0 Å². The number of esters is 1. The van der Waals surface area contributed by atoms with E-state index in [1.807, 2.05) is 5.32 Å². The average molecular weight is 452 g/mol. The van der Waals surface area contributed by atoms with Crippen molar-refractivity contribution in [2.24, 2.45) is 0 Å². The number of alkyl halides is 3. The van der Waals surface area contributed by atoms with Crippen molar-refractivity contribution in [2.75, 3.05) is 19.5 Å². The molecular weight excluding hydrogens is 440 g/mol. The summed E-state index contributed by atoms with van der Waals surface area (Å²) in [5, 5.41) is -2.00. The van der Waals surface area contributed by atoms with Gasteiger partial charge in [-0.25, -0.2) is 19.3 Å². The molecule has 156 valence electrons. The highest BCUT2D eigenvalue weighted by Crippen LogP contribution is 2.30. The van der Waals surface area contributed by atoms with Crippen molar-refractivity contribution < 1.29 is 36.3 Å². The van der Waals surface area contributed by atoms with Gasteiger partial charge in [0.1, 0.15) is 0 Å². The predicted molar refractivity (Wildman–Crippen MR) is 93.6 cm³/mol. The Balaban J connectivity index is 2.08. The molecule has 2 rings (SSSR count). The zero-order valence-electron chi connectivity index (χ0n) is 14.6. The summed E-state index contributed by atoms with van der Waals surface area (Å²) in [6.07, 6.45) is 0. The van der Waals surface area contributed by atoms with Gasteiger partial charge in [0.15, 0.2) is 0 Å². The predicted octanol–water partition coefficient (Wildman–Crippen LogP) is 1.73. The fourth-order valence-corrected chi connectivity index (χ4v) is 2.61. The number of anilines is 1. The highest BCUT2D eigenvalue weighted by atomic mass is 35.5. The van der Waals surface area contributed by atoms with E-state index in [9.17, 15) is 22.6 Å². The lowest BCUT2D eigenvalue weighted by atomic mass is 10.2. The van der Waals surface area contributed by atoms with Gasteiger partial charge < -0.3 is 9.47 Å². The monoisotopic (exact) mass is 451 g/mol. The Labute approximate surface area is 169 Å². The van der Waals surface area contributed by atoms with Crippen LogP contribution in [0.4, 0.5) is 19.5 Å². The number of hydrogen-bond acceptors (Lipinski definition) is 9. The third kappa shape index (κ3) is 6.00. The molecule has 1 unspecified atom stereocenters. The topological polar surface area (TPSA) is 142 Å². The molecule has 0 saturated carbocycles. The number of urea groups is 1. The molecule has 0 fully saturated rings. The van der Waals surface area contributed by atoms with Crippen LogP contribution in [-0.2, 0) is 25.5 Å². The quantitative estimate of drug-likeness (QED) is 0.365. The Hall–Kier alpha value is -2.97. The number of carbonyl (C=O) groups excluding carboxylic acids is 2. The first-order valence-corrected chi connectivity index (χ1v) is 8.81. The summed E-state index contributed by atoms with van der Waals surface area (Å²) in [6.45, 7) is 0. The highest BCUT2D eigenvalue weighted by Gasteiger charge is 2.33. The van der Waals surface area contributed by atoms with Gasteiger partial charge in [-0.2, -0.15) is 28.0 Å². The van der Waals surface area contributed by atoms with Crippen LogP contribution in [0.15, 0.2) is 29.2 Å². The number of hydroxylamine groups is 1. The van der Waals surface area contributed by atoms with Crippen molar-refractivity contribution in [3.05, 3.63) is 35.7 Å². The van der Waals surface area contributed by atoms with Gasteiger partial charge in [0, 0.05) is 0 Å². The number of ether oxygens (including phenoxy) is 2. The van der Waals surface area contributed by atoms with E-state index in [0.717, 1.165) is 14.2 Å². The van der Waals surface area contributed by atoms with Crippen LogP contribution in [0.25, 0.3) is 0 Å². The van der Waals surface area contributed by atoms with Crippen LogP contribution in [0.5, 0.6) is 6.01 Å². The zero-order valence-corrected chi connectivity index (χ0v) is 16.2. The van der Waals surface area contributed by atoms with Crippen molar-refractivity contribution in [3.63, 3.8) is 0 Å². The van der Waals surface area contributed by atoms with Crippen LogP contribution in [-0.4, -0.2) is 45.4 Å². The second-order valence-corrected chi connectivity index (χ2v) is 6.38. The third-order valence-electron chi connectivity index (χ3n) is 2.96. The van der Waals surface area contributed by atoms with E-state index in [1.165, 1.54) is 24.3 Å². The summed E-state index contributed by atoms with van der Waals surface area (Å²) in [5.41, 5.74) is 1.70. The van der Waals surface area contributed by atoms with E-state index < -0.39 is 46.2 Å². The molecule has 29 heavy (non-hydrogen) atoms. The molecule has 1 heterocycles. The maximum absolute atomic E-state index is 13.2. The number of nitrogens with one attached hydrogen (secondary N) is 2. The van der Waals surface area contributed by atoms with Crippen LogP contribution >= 0.6 is 11.6 Å². The molecule has 0 spiro atoms. The van der Waals surface area contributed by atoms with Crippen molar-refractivity contribution >= 4 is 40.6 Å². The lowest BCUT2D eigenvalue weighted by molar-refractivity contribution is 0.0596. The summed E-state index contributed by atoms with van der Waals surface area (Å²) >= 11 is 2.53. The molecule has 2 aromatic rings. The number of methoxy groups -OCH3 is 2. The van der Waals surface area contributed by atoms with Gasteiger partial charge in [-0.05, 0) is 23.7 Å². The molecular formula is C14H12ClF2N5O6S. The Morgan fingerprint density at radius 3 is 2.48 bits per heavy atom. The summed E-state index contributed by atoms with van der Waals surface area (Å²) in [5.74, 6) is -2.58. The number of benzene rings is 1. The number of amides is 2. The minimum absolute atomic E-state index is 0.0493. The normalized spacial score (nSPS) is 12.0. The van der Waals surface area contributed by atoms with Crippen LogP contribution in [0.2, 0.25) is 0 Å². The Bertz CT molecular complexity index is 945. The van der Waals surface area contributed by atoms with E-state index >= 15 is 0 Å². The van der Waals surface area contributed by atoms with E-state index in [-0.39, 0.29) is 10.5 Å². The number of rotatable bonds is 7. The smallest absolute Gasteiger partial charge is 0.382 e. The lowest BCUT2D eigenvalue weighted by Crippen LogP contribution is -2.31. The summed E-state index contributed by atoms with van der Waals surface area (Å²) in [7, 11) is 2.23. The summed E-state index contributed by atoms with van der Waals surface area (Å²) < 4.78 is 52.4. The highest BCUT2D eigenvalue weighted by molar-refractivity contribution is 7.80. The van der Waals surface area contributed by atoms with E-state index in [4.69, 9.17) is 11.6 Å². The summed E-state index contributed by atoms with van der Waals surface area (Å²) in [4.78, 5) is 33.5. The second kappa shape index (κ2) is 9.49. The number of aromatic nitrogens is 3. The van der Waals surface area contributed by atoms with Gasteiger partial charge in [0.2, 0.25) is 22.9 Å². The lowest BCUT2D eigenvalue weighted by Gasteiger charge is -2.11. The Kier molecular flexibility index (Phi) is 7.30. The SMILES string of the molecule is COC(=O)c1ccccc1S(=O)ONC(=O)Nc1nc(OC)nc(C(F)(F)Cl)n1. The second-order valence-electron chi connectivity index (χ2n) is 4.83. The fraction of sp³-hybridized carbons (Fsp3) is 0.214. The van der Waals surface area contributed by atoms with Gasteiger partial charge in [0.25, 0.3) is 0 Å². The molecule has 0 bridgehead atoms. The van der Waals surface area contributed by atoms with Gasteiger partial charge in [-0.15, -0.1) is 0 Å². The minimum atomic E-state index is -3.95. The van der Waals surface area contributed by atoms with Crippen LogP contribution in [0.1, 0.15) is 16.2 Å². The average Bonchev–Trinajstić information content (AvgIpc) is 2.70. The summed E-state index contributed by atoms with van der Waals surface area (Å²) in [6, 6.07) is 3.92. The number of halogens is 3. The van der Waals surface area contributed by atoms with E-state index in [2.05, 4.69) is 28.7 Å². The minimum Gasteiger partial charge on any atom is -0.467 e. The first-order valence-electron chi connectivity index (χ1n) is 7.36. The van der Waals surface area contributed by atoms with Gasteiger partial charge in [-0.1, -0.05) is 12.1 Å². The molecule has 0 aliphatic carbocycles. The molecule has 11 nitrogen and oxygen atoms in total. The Morgan fingerprint density at radius 2 is 1.86 bits per heavy atom. The van der Waals surface area contributed by atoms with Crippen LogP contribution in [0, 0.1) is 0 Å². The molecule has 0 aliphatic heterocycles. The molecule has 0 saturated heterocycles. The first-order chi connectivity index (χ1) is 13.7. The maximum atomic E-state index is 13.2. The van der Waals surface area contributed by atoms with E-state index in [0.29, 0.717) is 0 Å². The van der Waals surface area contributed by atoms with Gasteiger partial charge in [-0.3, -0.25) is 5.32 Å². The largest absolute Gasteiger partial charge is 0.467 e. The Morgan fingerprint density at radius 1 is 1.17 bits per heavy atom. The number of nitrogens with zero attached hydrogens (tertiary/aromatic N) is 3. The standard InChI is InChI=1S/C14H12ClF2N5O6S/c1-26-9(23)7-5-3-4-6-8(7)29(25)28-22-12(24)20-11-18-10(14(15,16)17)19-13(21-11)27-2/h3-6H,1-2H3,(H2,18,19,20,21,22,24). The fourth-order valence-electron chi connectivity index (χ4n) is 1.77. The molecule has 15 heteroatoms. The molecule has 2 N–H and O–H groups in total. The van der Waals surface area contributed by atoms with Crippen molar-refractivity contribution in [3.8, 4) is 6.01 Å². The molecule has 1 atom stereocenters. The van der Waals surface area contributed by atoms with Crippen molar-refractivity contribution in [2.45, 2.75) is 10.3 Å². The van der Waals surface area contributed by atoms with Crippen LogP contribution < -0.4 is 15.5 Å². The maximum Gasteiger partial charge on any atom is 0.382 e. The third-order valence-corrected chi connectivity index (χ3v) is 4.08. The number of carbonyl (C=O) groups is 2. The number of hydrogen-bond donors (Lipinski definition) is 2. The first kappa shape index (κ1) is 22.3. The molecule has 0 radical (unpaired) electrons.